The molecule has 0 aliphatic rings. The van der Waals surface area contributed by atoms with Gasteiger partial charge in [-0.05, 0) is 48.9 Å². The van der Waals surface area contributed by atoms with Crippen LogP contribution in [-0.4, -0.2) is 10.9 Å². The molecule has 2 rings (SSSR count). The Morgan fingerprint density at radius 2 is 1.76 bits per heavy atom. The van der Waals surface area contributed by atoms with Crippen molar-refractivity contribution < 1.29 is 4.79 Å². The van der Waals surface area contributed by atoms with Crippen LogP contribution in [-0.2, 0) is 4.79 Å². The maximum Gasteiger partial charge on any atom is 0.221 e. The Balaban J connectivity index is 2.20. The molecule has 2 aromatic carbocycles. The lowest BCUT2D eigenvalue weighted by Gasteiger charge is -2.11. The van der Waals surface area contributed by atoms with Crippen LogP contribution in [0.2, 0.25) is 0 Å². The molecule has 0 aromatic heterocycles. The van der Waals surface area contributed by atoms with Crippen molar-refractivity contribution in [2.24, 2.45) is 5.73 Å². The normalized spacial score (nSPS) is 10.0. The van der Waals surface area contributed by atoms with Gasteiger partial charge < -0.3 is 16.4 Å². The van der Waals surface area contributed by atoms with Gasteiger partial charge in [0, 0.05) is 29.5 Å². The van der Waals surface area contributed by atoms with Crippen molar-refractivity contribution in [1.82, 2.24) is 0 Å². The summed E-state index contributed by atoms with van der Waals surface area (Å²) in [5.41, 5.74) is 10.1. The largest absolute Gasteiger partial charge is 0.389 e. The number of carbonyl (C=O) groups is 1. The van der Waals surface area contributed by atoms with Crippen LogP contribution in [0.1, 0.15) is 18.1 Å². The van der Waals surface area contributed by atoms with Gasteiger partial charge in [-0.25, -0.2) is 0 Å². The number of nitrogens with two attached hydrogens (primary N) is 1. The molecule has 1 amide bonds. The molecule has 0 bridgehead atoms. The van der Waals surface area contributed by atoms with E-state index in [1.165, 1.54) is 6.92 Å². The molecule has 0 spiro atoms. The number of thiocarbonyl (C=S) groups is 1. The maximum absolute atomic E-state index is 11.1. The van der Waals surface area contributed by atoms with Crippen molar-refractivity contribution in [3.63, 3.8) is 0 Å². The molecule has 0 fully saturated rings. The van der Waals surface area contributed by atoms with Gasteiger partial charge in [0.05, 0.1) is 0 Å². The second-order valence-electron chi connectivity index (χ2n) is 4.78. The highest BCUT2D eigenvalue weighted by molar-refractivity contribution is 7.80. The molecule has 0 saturated carbocycles. The van der Waals surface area contributed by atoms with Crippen LogP contribution >= 0.6 is 12.2 Å². The summed E-state index contributed by atoms with van der Waals surface area (Å²) in [5.74, 6) is -0.0937. The van der Waals surface area contributed by atoms with Crippen molar-refractivity contribution in [2.75, 3.05) is 10.6 Å². The Labute approximate surface area is 129 Å². The minimum Gasteiger partial charge on any atom is -0.389 e. The summed E-state index contributed by atoms with van der Waals surface area (Å²) in [6.45, 7) is 3.45. The first kappa shape index (κ1) is 15.0. The number of rotatable bonds is 4. The summed E-state index contributed by atoms with van der Waals surface area (Å²) < 4.78 is 0. The van der Waals surface area contributed by atoms with Gasteiger partial charge in [-0.1, -0.05) is 18.3 Å². The van der Waals surface area contributed by atoms with Crippen molar-refractivity contribution in [2.45, 2.75) is 13.8 Å². The van der Waals surface area contributed by atoms with Gasteiger partial charge in [-0.2, -0.15) is 0 Å². The Hall–Kier alpha value is -2.40. The maximum atomic E-state index is 11.1. The number of hydrogen-bond acceptors (Lipinski definition) is 3. The molecule has 0 heterocycles. The molecule has 0 atom stereocenters. The fraction of sp³-hybridized carbons (Fsp3) is 0.125. The first-order chi connectivity index (χ1) is 9.95. The molecule has 0 unspecified atom stereocenters. The quantitative estimate of drug-likeness (QED) is 0.758. The molecule has 21 heavy (non-hydrogen) atoms. The summed E-state index contributed by atoms with van der Waals surface area (Å²) in [7, 11) is 0. The monoisotopic (exact) mass is 299 g/mol. The van der Waals surface area contributed by atoms with Gasteiger partial charge in [0.15, 0.2) is 0 Å². The standard InChI is InChI=1S/C16H17N3OS/c1-10-8-14(6-7-15(10)16(17)21)19-13-5-3-4-12(9-13)18-11(2)20/h3-9,19H,1-2H3,(H2,17,21)(H,18,20). The minimum atomic E-state index is -0.0937. The van der Waals surface area contributed by atoms with Gasteiger partial charge in [0.2, 0.25) is 5.91 Å². The SMILES string of the molecule is CC(=O)Nc1cccc(Nc2ccc(C(N)=S)c(C)c2)c1. The second-order valence-corrected chi connectivity index (χ2v) is 5.22. The summed E-state index contributed by atoms with van der Waals surface area (Å²) in [6, 6.07) is 13.3. The summed E-state index contributed by atoms with van der Waals surface area (Å²) >= 11 is 5.00. The summed E-state index contributed by atoms with van der Waals surface area (Å²) in [6.07, 6.45) is 0. The molecule has 0 aliphatic carbocycles. The third-order valence-corrected chi connectivity index (χ3v) is 3.18. The second kappa shape index (κ2) is 6.37. The lowest BCUT2D eigenvalue weighted by molar-refractivity contribution is -0.114. The average Bonchev–Trinajstić information content (AvgIpc) is 2.37. The molecular weight excluding hydrogens is 282 g/mol. The lowest BCUT2D eigenvalue weighted by Crippen LogP contribution is -2.11. The van der Waals surface area contributed by atoms with Crippen LogP contribution in [0, 0.1) is 6.92 Å². The highest BCUT2D eigenvalue weighted by Crippen LogP contribution is 2.22. The van der Waals surface area contributed by atoms with Crippen molar-refractivity contribution in [3.05, 3.63) is 53.6 Å². The van der Waals surface area contributed by atoms with Crippen LogP contribution < -0.4 is 16.4 Å². The first-order valence-corrected chi connectivity index (χ1v) is 6.91. The first-order valence-electron chi connectivity index (χ1n) is 6.51. The highest BCUT2D eigenvalue weighted by atomic mass is 32.1. The molecule has 5 heteroatoms. The average molecular weight is 299 g/mol. The van der Waals surface area contributed by atoms with Gasteiger partial charge in [0.1, 0.15) is 4.99 Å². The topological polar surface area (TPSA) is 67.2 Å². The molecule has 4 nitrogen and oxygen atoms in total. The van der Waals surface area contributed by atoms with E-state index in [2.05, 4.69) is 10.6 Å². The van der Waals surface area contributed by atoms with Gasteiger partial charge in [-0.15, -0.1) is 0 Å². The Bertz CT molecular complexity index is 698. The summed E-state index contributed by atoms with van der Waals surface area (Å²) in [5, 5.41) is 6.04. The minimum absolute atomic E-state index is 0.0937. The third-order valence-electron chi connectivity index (χ3n) is 2.96. The van der Waals surface area contributed by atoms with Crippen LogP contribution in [0.15, 0.2) is 42.5 Å². The number of aryl methyl sites for hydroxylation is 1. The molecule has 2 aromatic rings. The molecular formula is C16H17N3OS. The number of anilines is 3. The van der Waals surface area contributed by atoms with E-state index in [-0.39, 0.29) is 5.91 Å². The van der Waals surface area contributed by atoms with Gasteiger partial charge >= 0.3 is 0 Å². The molecule has 0 radical (unpaired) electrons. The lowest BCUT2D eigenvalue weighted by atomic mass is 10.1. The molecule has 4 N–H and O–H groups in total. The number of hydrogen-bond donors (Lipinski definition) is 3. The van der Waals surface area contributed by atoms with Crippen LogP contribution in [0.3, 0.4) is 0 Å². The van der Waals surface area contributed by atoms with Gasteiger partial charge in [0.25, 0.3) is 0 Å². The number of benzene rings is 2. The fourth-order valence-corrected chi connectivity index (χ4v) is 2.29. The smallest absolute Gasteiger partial charge is 0.221 e. The number of amides is 1. The van der Waals surface area contributed by atoms with Crippen LogP contribution in [0.5, 0.6) is 0 Å². The van der Waals surface area contributed by atoms with Crippen LogP contribution in [0.25, 0.3) is 0 Å². The zero-order valence-corrected chi connectivity index (χ0v) is 12.8. The van der Waals surface area contributed by atoms with E-state index in [4.69, 9.17) is 18.0 Å². The van der Waals surface area contributed by atoms with Crippen molar-refractivity contribution >= 4 is 40.2 Å². The van der Waals surface area contributed by atoms with E-state index in [0.29, 0.717) is 4.99 Å². The zero-order valence-electron chi connectivity index (χ0n) is 11.9. The highest BCUT2D eigenvalue weighted by Gasteiger charge is 2.03. The third kappa shape index (κ3) is 4.03. The zero-order chi connectivity index (χ0) is 15.4. The van der Waals surface area contributed by atoms with E-state index in [0.717, 1.165) is 28.2 Å². The molecule has 0 saturated heterocycles. The van der Waals surface area contributed by atoms with Crippen molar-refractivity contribution in [3.8, 4) is 0 Å². The Morgan fingerprint density at radius 3 is 2.38 bits per heavy atom. The molecule has 0 aliphatic heterocycles. The Kier molecular flexibility index (Phi) is 4.55. The van der Waals surface area contributed by atoms with E-state index in [9.17, 15) is 4.79 Å². The Morgan fingerprint density at radius 1 is 1.10 bits per heavy atom. The predicted molar refractivity (Wildman–Crippen MR) is 91.1 cm³/mol. The van der Waals surface area contributed by atoms with Crippen molar-refractivity contribution in [1.29, 1.82) is 0 Å². The van der Waals surface area contributed by atoms with Gasteiger partial charge in [-0.3, -0.25) is 4.79 Å². The predicted octanol–water partition coefficient (Wildman–Crippen LogP) is 3.33. The number of carbonyl (C=O) groups excluding carboxylic acids is 1. The number of nitrogens with one attached hydrogen (secondary N) is 2. The summed E-state index contributed by atoms with van der Waals surface area (Å²) in [4.78, 5) is 11.5. The molecule has 108 valence electrons. The van der Waals surface area contributed by atoms with E-state index in [1.807, 2.05) is 49.4 Å². The van der Waals surface area contributed by atoms with E-state index >= 15 is 0 Å². The van der Waals surface area contributed by atoms with Crippen LogP contribution in [0.4, 0.5) is 17.1 Å². The fourth-order valence-electron chi connectivity index (χ4n) is 2.06. The van der Waals surface area contributed by atoms with E-state index < -0.39 is 0 Å². The van der Waals surface area contributed by atoms with E-state index in [1.54, 1.807) is 0 Å².